The quantitative estimate of drug-likeness (QED) is 0.162. The number of amides is 2. The molecule has 1 aliphatic rings. The van der Waals surface area contributed by atoms with Crippen LogP contribution in [-0.2, 0) is 4.79 Å². The molecule has 0 spiro atoms. The molecule has 1 fully saturated rings. The number of nitro benzene ring substituents is 2. The molecule has 4 rings (SSSR count). The van der Waals surface area contributed by atoms with E-state index in [0.29, 0.717) is 11.3 Å². The van der Waals surface area contributed by atoms with E-state index in [-0.39, 0.29) is 35.3 Å². The minimum absolute atomic E-state index is 0.0642. The summed E-state index contributed by atoms with van der Waals surface area (Å²) < 4.78 is 16.8. The Morgan fingerprint density at radius 3 is 2.35 bits per heavy atom. The van der Waals surface area contributed by atoms with Crippen molar-refractivity contribution >= 4 is 40.4 Å². The van der Waals surface area contributed by atoms with Crippen LogP contribution in [0.5, 0.6) is 23.0 Å². The summed E-state index contributed by atoms with van der Waals surface area (Å²) >= 11 is 0.777. The van der Waals surface area contributed by atoms with E-state index in [1.165, 1.54) is 25.3 Å². The Hall–Kier alpha value is -4.91. The van der Waals surface area contributed by atoms with Crippen molar-refractivity contribution in [3.05, 3.63) is 96.4 Å². The Bertz CT molecular complexity index is 1550. The summed E-state index contributed by atoms with van der Waals surface area (Å²) in [5.41, 5.74) is 1.36. The van der Waals surface area contributed by atoms with Crippen LogP contribution in [0.2, 0.25) is 0 Å². The Kier molecular flexibility index (Phi) is 8.34. The van der Waals surface area contributed by atoms with Gasteiger partial charge in [0.2, 0.25) is 5.75 Å². The number of carbonyl (C=O) groups excluding carboxylic acids is 2. The minimum Gasteiger partial charge on any atom is -0.493 e. The van der Waals surface area contributed by atoms with Crippen molar-refractivity contribution in [1.29, 1.82) is 0 Å². The van der Waals surface area contributed by atoms with Gasteiger partial charge in [-0.1, -0.05) is 18.2 Å². The number of ether oxygens (including phenoxy) is 3. The number of carbonyl (C=O) groups is 2. The highest BCUT2D eigenvalue weighted by atomic mass is 32.2. The van der Waals surface area contributed by atoms with Gasteiger partial charge in [-0.05, 0) is 72.6 Å². The summed E-state index contributed by atoms with van der Waals surface area (Å²) in [5, 5.41) is 22.1. The number of hydrogen-bond donors (Lipinski definition) is 0. The Balaban J connectivity index is 1.52. The first kappa shape index (κ1) is 28.1. The average molecular weight is 566 g/mol. The van der Waals surface area contributed by atoms with Crippen molar-refractivity contribution in [1.82, 2.24) is 4.90 Å². The van der Waals surface area contributed by atoms with Gasteiger partial charge in [0.05, 0.1) is 34.5 Å². The van der Waals surface area contributed by atoms with Crippen molar-refractivity contribution in [2.24, 2.45) is 0 Å². The molecule has 206 valence electrons. The maximum absolute atomic E-state index is 13.0. The third kappa shape index (κ3) is 6.21. The predicted octanol–water partition coefficient (Wildman–Crippen LogP) is 6.04. The minimum atomic E-state index is -0.793. The van der Waals surface area contributed by atoms with Crippen LogP contribution in [0.1, 0.15) is 16.7 Å². The van der Waals surface area contributed by atoms with Crippen molar-refractivity contribution in [3.8, 4) is 23.0 Å². The average Bonchev–Trinajstić information content (AvgIpc) is 3.18. The van der Waals surface area contributed by atoms with Crippen LogP contribution < -0.4 is 14.2 Å². The van der Waals surface area contributed by atoms with Crippen molar-refractivity contribution in [2.75, 3.05) is 20.3 Å². The van der Waals surface area contributed by atoms with Crippen LogP contribution in [-0.4, -0.2) is 46.2 Å². The molecule has 13 heteroatoms. The van der Waals surface area contributed by atoms with Crippen molar-refractivity contribution in [3.63, 3.8) is 0 Å². The number of non-ortho nitro benzene ring substituents is 1. The first-order chi connectivity index (χ1) is 19.1. The number of thioether (sulfide) groups is 1. The smallest absolute Gasteiger partial charge is 0.318 e. The van der Waals surface area contributed by atoms with Gasteiger partial charge in [0, 0.05) is 6.07 Å². The Labute approximate surface area is 232 Å². The zero-order chi connectivity index (χ0) is 29.0. The molecule has 0 N–H and O–H groups in total. The molecule has 2 amide bonds. The summed E-state index contributed by atoms with van der Waals surface area (Å²) in [6.45, 7) is 4.04. The van der Waals surface area contributed by atoms with Gasteiger partial charge in [-0.15, -0.1) is 0 Å². The van der Waals surface area contributed by atoms with Crippen molar-refractivity contribution in [2.45, 2.75) is 13.8 Å². The van der Waals surface area contributed by atoms with Gasteiger partial charge in [0.25, 0.3) is 16.8 Å². The molecule has 40 heavy (non-hydrogen) atoms. The first-order valence-electron chi connectivity index (χ1n) is 11.8. The second-order valence-corrected chi connectivity index (χ2v) is 9.62. The zero-order valence-corrected chi connectivity index (χ0v) is 22.4. The highest BCUT2D eigenvalue weighted by molar-refractivity contribution is 8.18. The second-order valence-electron chi connectivity index (χ2n) is 8.63. The van der Waals surface area contributed by atoms with Crippen LogP contribution in [0.15, 0.2) is 59.5 Å². The molecule has 0 aromatic heterocycles. The van der Waals surface area contributed by atoms with E-state index in [2.05, 4.69) is 0 Å². The molecule has 3 aromatic carbocycles. The Morgan fingerprint density at radius 2 is 1.65 bits per heavy atom. The number of benzene rings is 3. The van der Waals surface area contributed by atoms with E-state index >= 15 is 0 Å². The van der Waals surface area contributed by atoms with Crippen LogP contribution >= 0.6 is 11.8 Å². The fourth-order valence-corrected chi connectivity index (χ4v) is 4.65. The van der Waals surface area contributed by atoms with Gasteiger partial charge in [-0.3, -0.25) is 34.7 Å². The monoisotopic (exact) mass is 565 g/mol. The molecule has 0 atom stereocenters. The van der Waals surface area contributed by atoms with Gasteiger partial charge in [0.1, 0.15) is 12.4 Å². The van der Waals surface area contributed by atoms with E-state index in [1.54, 1.807) is 6.07 Å². The summed E-state index contributed by atoms with van der Waals surface area (Å²) in [6.07, 6.45) is 1.49. The fourth-order valence-electron chi connectivity index (χ4n) is 3.78. The molecule has 1 saturated heterocycles. The van der Waals surface area contributed by atoms with Crippen LogP contribution in [0.4, 0.5) is 16.2 Å². The van der Waals surface area contributed by atoms with E-state index in [1.807, 2.05) is 32.0 Å². The Morgan fingerprint density at radius 1 is 0.900 bits per heavy atom. The summed E-state index contributed by atoms with van der Waals surface area (Å²) in [6, 6.07) is 13.4. The van der Waals surface area contributed by atoms with Crippen LogP contribution in [0, 0.1) is 34.1 Å². The summed E-state index contributed by atoms with van der Waals surface area (Å²) in [5.74, 6) is 0.247. The number of nitro groups is 2. The first-order valence-corrected chi connectivity index (χ1v) is 12.6. The molecule has 1 aliphatic heterocycles. The predicted molar refractivity (Wildman–Crippen MR) is 147 cm³/mol. The third-order valence-corrected chi connectivity index (χ3v) is 6.75. The molecule has 12 nitrogen and oxygen atoms in total. The van der Waals surface area contributed by atoms with Gasteiger partial charge < -0.3 is 14.2 Å². The molecule has 0 aliphatic carbocycles. The maximum Gasteiger partial charge on any atom is 0.318 e. The van der Waals surface area contributed by atoms with Crippen molar-refractivity contribution < 1.29 is 33.6 Å². The van der Waals surface area contributed by atoms with Gasteiger partial charge >= 0.3 is 5.69 Å². The SMILES string of the molecule is COc1ccc(/C=C2\SC(=O)N(CCOc3cc(C)ccc3C)C2=O)cc1Oc1ccc([N+](=O)[O-])cc1[N+](=O)[O-]. The number of hydrogen-bond acceptors (Lipinski definition) is 10. The molecule has 0 radical (unpaired) electrons. The zero-order valence-electron chi connectivity index (χ0n) is 21.6. The highest BCUT2D eigenvalue weighted by Gasteiger charge is 2.35. The van der Waals surface area contributed by atoms with Gasteiger partial charge in [-0.25, -0.2) is 0 Å². The lowest BCUT2D eigenvalue weighted by molar-refractivity contribution is -0.394. The molecular weight excluding hydrogens is 542 g/mol. The molecule has 0 saturated carbocycles. The maximum atomic E-state index is 13.0. The number of nitrogens with zero attached hydrogens (tertiary/aromatic N) is 3. The standard InChI is InChI=1S/C27H23N3O9S/c1-16-4-5-17(2)23(12-16)38-11-10-28-26(31)25(40-27(28)32)14-18-6-8-22(37-3)24(13-18)39-21-9-7-19(29(33)34)15-20(21)30(35)36/h4-9,12-15H,10-11H2,1-3H3/b25-14-. The van der Waals surface area contributed by atoms with Crippen LogP contribution in [0.3, 0.4) is 0 Å². The fraction of sp³-hybridized carbons (Fsp3) is 0.185. The molecular formula is C27H23N3O9S. The van der Waals surface area contributed by atoms with E-state index < -0.39 is 32.4 Å². The summed E-state index contributed by atoms with van der Waals surface area (Å²) in [4.78, 5) is 47.8. The lowest BCUT2D eigenvalue weighted by Gasteiger charge is -2.14. The molecule has 3 aromatic rings. The van der Waals surface area contributed by atoms with E-state index in [4.69, 9.17) is 14.2 Å². The number of imide groups is 1. The third-order valence-electron chi connectivity index (χ3n) is 5.85. The highest BCUT2D eigenvalue weighted by Crippen LogP contribution is 2.39. The molecule has 1 heterocycles. The molecule has 0 bridgehead atoms. The normalized spacial score (nSPS) is 14.0. The van der Waals surface area contributed by atoms with E-state index in [9.17, 15) is 29.8 Å². The number of methoxy groups -OCH3 is 1. The van der Waals surface area contributed by atoms with Crippen LogP contribution in [0.25, 0.3) is 6.08 Å². The number of aryl methyl sites for hydroxylation is 2. The summed E-state index contributed by atoms with van der Waals surface area (Å²) in [7, 11) is 1.37. The lowest BCUT2D eigenvalue weighted by Crippen LogP contribution is -2.32. The largest absolute Gasteiger partial charge is 0.493 e. The lowest BCUT2D eigenvalue weighted by atomic mass is 10.1. The van der Waals surface area contributed by atoms with E-state index in [0.717, 1.165) is 46.0 Å². The topological polar surface area (TPSA) is 151 Å². The molecule has 0 unspecified atom stereocenters. The number of rotatable bonds is 10. The van der Waals surface area contributed by atoms with Gasteiger partial charge in [0.15, 0.2) is 11.5 Å². The second kappa shape index (κ2) is 11.9. The van der Waals surface area contributed by atoms with Gasteiger partial charge in [-0.2, -0.15) is 0 Å².